The van der Waals surface area contributed by atoms with E-state index in [4.69, 9.17) is 5.26 Å². The topological polar surface area (TPSA) is 36.7 Å². The molecule has 1 aromatic heterocycles. The molecule has 0 bridgehead atoms. The van der Waals surface area contributed by atoms with Crippen LogP contribution in [0.5, 0.6) is 0 Å². The minimum Gasteiger partial charge on any atom is -0.236 e. The number of fused-ring (bicyclic) bond motifs is 1. The summed E-state index contributed by atoms with van der Waals surface area (Å²) in [7, 11) is 0. The molecule has 0 fully saturated rings. The predicted octanol–water partition coefficient (Wildman–Crippen LogP) is 3.47. The fourth-order valence-corrected chi connectivity index (χ4v) is 2.86. The zero-order chi connectivity index (χ0) is 10.1. The molecule has 4 heteroatoms. The van der Waals surface area contributed by atoms with Gasteiger partial charge in [-0.1, -0.05) is 0 Å². The number of hydrogen-bond acceptors (Lipinski definition) is 2. The zero-order valence-corrected chi connectivity index (χ0v) is 10.7. The Bertz CT molecular complexity index is 546. The zero-order valence-electron chi connectivity index (χ0n) is 6.96. The maximum Gasteiger partial charge on any atom is 0.141 e. The molecule has 2 aromatic rings. The second kappa shape index (κ2) is 3.83. The molecular weight excluding hydrogens is 355 g/mol. The van der Waals surface area contributed by atoms with Crippen molar-refractivity contribution in [2.24, 2.45) is 0 Å². The molecule has 0 saturated carbocycles. The van der Waals surface area contributed by atoms with Crippen molar-refractivity contribution in [3.63, 3.8) is 0 Å². The third-order valence-electron chi connectivity index (χ3n) is 1.83. The highest BCUT2D eigenvalue weighted by Gasteiger charge is 2.03. The van der Waals surface area contributed by atoms with Crippen molar-refractivity contribution in [3.8, 4) is 6.07 Å². The summed E-state index contributed by atoms with van der Waals surface area (Å²) in [6.45, 7) is 0. The van der Waals surface area contributed by atoms with Gasteiger partial charge in [-0.2, -0.15) is 5.26 Å². The largest absolute Gasteiger partial charge is 0.236 e. The third-order valence-corrected chi connectivity index (χ3v) is 3.05. The van der Waals surface area contributed by atoms with Gasteiger partial charge >= 0.3 is 0 Å². The summed E-state index contributed by atoms with van der Waals surface area (Å²) < 4.78 is 2.07. The fraction of sp³-hybridized carbons (Fsp3) is 0. The van der Waals surface area contributed by atoms with Crippen LogP contribution in [0.25, 0.3) is 10.9 Å². The summed E-state index contributed by atoms with van der Waals surface area (Å²) >= 11 is 5.68. The number of pyridine rings is 1. The molecule has 2 rings (SSSR count). The van der Waals surface area contributed by atoms with Gasteiger partial charge < -0.3 is 0 Å². The molecule has 0 radical (unpaired) electrons. The van der Waals surface area contributed by atoms with Crippen molar-refractivity contribution in [1.82, 2.24) is 4.98 Å². The second-order valence-corrected chi connectivity index (χ2v) is 4.87. The summed E-state index contributed by atoms with van der Waals surface area (Å²) in [5.41, 5.74) is 1.28. The van der Waals surface area contributed by atoms with Crippen LogP contribution in [0.3, 0.4) is 0 Å². The van der Waals surface area contributed by atoms with E-state index < -0.39 is 0 Å². The van der Waals surface area contributed by atoms with Gasteiger partial charge in [-0.25, -0.2) is 4.98 Å². The molecule has 0 spiro atoms. The van der Waals surface area contributed by atoms with E-state index in [2.05, 4.69) is 43.5 Å². The van der Waals surface area contributed by atoms with Crippen LogP contribution in [0.15, 0.2) is 28.7 Å². The Morgan fingerprint density at radius 1 is 1.36 bits per heavy atom. The maximum atomic E-state index is 8.71. The van der Waals surface area contributed by atoms with Crippen LogP contribution in [0, 0.1) is 14.9 Å². The van der Waals surface area contributed by atoms with E-state index in [-0.39, 0.29) is 0 Å². The molecule has 0 amide bonds. The lowest BCUT2D eigenvalue weighted by Crippen LogP contribution is -1.86. The minimum atomic E-state index is 0.444. The van der Waals surface area contributed by atoms with Crippen LogP contribution in [-0.4, -0.2) is 4.98 Å². The maximum absolute atomic E-state index is 8.71. The molecule has 14 heavy (non-hydrogen) atoms. The van der Waals surface area contributed by atoms with Crippen LogP contribution in [0.2, 0.25) is 0 Å². The highest BCUT2D eigenvalue weighted by atomic mass is 127. The minimum absolute atomic E-state index is 0.444. The van der Waals surface area contributed by atoms with Crippen LogP contribution in [0.4, 0.5) is 0 Å². The molecule has 0 aliphatic carbocycles. The fourth-order valence-electron chi connectivity index (χ4n) is 1.22. The van der Waals surface area contributed by atoms with Gasteiger partial charge in [0, 0.05) is 13.4 Å². The van der Waals surface area contributed by atoms with Crippen LogP contribution in [-0.2, 0) is 0 Å². The first-order valence-electron chi connectivity index (χ1n) is 3.86. The predicted molar refractivity (Wildman–Crippen MR) is 66.9 cm³/mol. The van der Waals surface area contributed by atoms with Crippen molar-refractivity contribution in [2.75, 3.05) is 0 Å². The Labute approximate surface area is 103 Å². The SMILES string of the molecule is N#Cc1ccc2cc(I)cc(Br)c2n1. The van der Waals surface area contributed by atoms with Gasteiger partial charge in [0.05, 0.1) is 5.52 Å². The Hall–Kier alpha value is -0.670. The van der Waals surface area contributed by atoms with Gasteiger partial charge in [-0.05, 0) is 62.8 Å². The van der Waals surface area contributed by atoms with Crippen LogP contribution in [0.1, 0.15) is 5.69 Å². The highest BCUT2D eigenvalue weighted by molar-refractivity contribution is 14.1. The number of aromatic nitrogens is 1. The van der Waals surface area contributed by atoms with Gasteiger partial charge in [0.1, 0.15) is 11.8 Å². The Morgan fingerprint density at radius 3 is 2.86 bits per heavy atom. The molecule has 0 saturated heterocycles. The van der Waals surface area contributed by atoms with E-state index in [9.17, 15) is 0 Å². The molecule has 68 valence electrons. The summed E-state index contributed by atoms with van der Waals surface area (Å²) in [5, 5.41) is 9.76. The standard InChI is InChI=1S/C10H4BrIN2/c11-9-4-7(12)3-6-1-2-8(5-13)14-10(6)9/h1-4H. The molecule has 0 aliphatic heterocycles. The third kappa shape index (κ3) is 1.74. The van der Waals surface area contributed by atoms with Gasteiger partial charge in [0.2, 0.25) is 0 Å². The van der Waals surface area contributed by atoms with Crippen LogP contribution >= 0.6 is 38.5 Å². The first kappa shape index (κ1) is 9.87. The number of hydrogen-bond donors (Lipinski definition) is 0. The van der Waals surface area contributed by atoms with E-state index in [0.29, 0.717) is 5.69 Å². The highest BCUT2D eigenvalue weighted by Crippen LogP contribution is 2.25. The van der Waals surface area contributed by atoms with Crippen molar-refractivity contribution < 1.29 is 0 Å². The van der Waals surface area contributed by atoms with E-state index >= 15 is 0 Å². The smallest absolute Gasteiger partial charge is 0.141 e. The molecular formula is C10H4BrIN2. The van der Waals surface area contributed by atoms with E-state index in [1.165, 1.54) is 0 Å². The van der Waals surface area contributed by atoms with Crippen molar-refractivity contribution in [2.45, 2.75) is 0 Å². The van der Waals surface area contributed by atoms with E-state index in [1.54, 1.807) is 6.07 Å². The lowest BCUT2D eigenvalue weighted by Gasteiger charge is -2.01. The van der Waals surface area contributed by atoms with Gasteiger partial charge in [0.25, 0.3) is 0 Å². The molecule has 1 aromatic carbocycles. The normalized spacial score (nSPS) is 10.1. The van der Waals surface area contributed by atoms with Crippen LogP contribution < -0.4 is 0 Å². The van der Waals surface area contributed by atoms with Gasteiger partial charge in [-0.15, -0.1) is 0 Å². The van der Waals surface area contributed by atoms with Gasteiger partial charge in [0.15, 0.2) is 0 Å². The molecule has 1 heterocycles. The second-order valence-electron chi connectivity index (χ2n) is 2.77. The van der Waals surface area contributed by atoms with Gasteiger partial charge in [-0.3, -0.25) is 0 Å². The quantitative estimate of drug-likeness (QED) is 0.676. The average Bonchev–Trinajstić information content (AvgIpc) is 2.17. The Balaban J connectivity index is 2.84. The number of halogens is 2. The lowest BCUT2D eigenvalue weighted by atomic mass is 10.2. The number of nitrogens with zero attached hydrogens (tertiary/aromatic N) is 2. The summed E-state index contributed by atoms with van der Waals surface area (Å²) in [6, 6.07) is 9.68. The summed E-state index contributed by atoms with van der Waals surface area (Å²) in [6.07, 6.45) is 0. The monoisotopic (exact) mass is 358 g/mol. The Morgan fingerprint density at radius 2 is 2.14 bits per heavy atom. The Kier molecular flexibility index (Phi) is 2.70. The summed E-state index contributed by atoms with van der Waals surface area (Å²) in [4.78, 5) is 4.22. The first-order chi connectivity index (χ1) is 6.70. The molecule has 0 aliphatic rings. The molecule has 2 nitrogen and oxygen atoms in total. The molecule has 0 unspecified atom stereocenters. The molecule has 0 atom stereocenters. The number of nitriles is 1. The average molecular weight is 359 g/mol. The molecule has 0 N–H and O–H groups in total. The number of benzene rings is 1. The summed E-state index contributed by atoms with van der Waals surface area (Å²) in [5.74, 6) is 0. The van der Waals surface area contributed by atoms with E-state index in [0.717, 1.165) is 18.9 Å². The van der Waals surface area contributed by atoms with Crippen molar-refractivity contribution >= 4 is 49.4 Å². The van der Waals surface area contributed by atoms with Crippen molar-refractivity contribution in [3.05, 3.63) is 38.0 Å². The van der Waals surface area contributed by atoms with Crippen molar-refractivity contribution in [1.29, 1.82) is 5.26 Å². The lowest BCUT2D eigenvalue weighted by molar-refractivity contribution is 1.32. The first-order valence-corrected chi connectivity index (χ1v) is 5.74. The van der Waals surface area contributed by atoms with E-state index in [1.807, 2.05) is 24.3 Å². The number of rotatable bonds is 0.